The normalized spacial score (nSPS) is 24.1. The Kier molecular flexibility index (Phi) is 10.4. The lowest BCUT2D eigenvalue weighted by atomic mass is 10.0. The molecule has 4 atom stereocenters. The maximum Gasteiger partial charge on any atom is 0.303 e. The molecular weight excluding hydrogens is 376 g/mol. The van der Waals surface area contributed by atoms with Gasteiger partial charge in [0.15, 0.2) is 12.4 Å². The summed E-state index contributed by atoms with van der Waals surface area (Å²) >= 11 is 0. The summed E-state index contributed by atoms with van der Waals surface area (Å²) in [5, 5.41) is 2.63. The van der Waals surface area contributed by atoms with Crippen LogP contribution in [0.1, 0.15) is 33.6 Å². The fourth-order valence-corrected chi connectivity index (χ4v) is 2.55. The zero-order valence-corrected chi connectivity index (χ0v) is 16.3. The molecule has 3 N–H and O–H groups in total. The topological polar surface area (TPSA) is 152 Å². The molecule has 1 heterocycles. The molecule has 28 heavy (non-hydrogen) atoms. The Labute approximate surface area is 163 Å². The predicted molar refractivity (Wildman–Crippen MR) is 93.7 cm³/mol. The van der Waals surface area contributed by atoms with Crippen molar-refractivity contribution in [1.82, 2.24) is 5.32 Å². The standard InChI is InChI=1S/C17H28N2O9/c1-10(20)24-8-14-17(27-12(3)22)13(26-11(2)21)7-16(28-14)25-9-15(23)19-6-4-5-18/h13-14,16-17H,4-9,18H2,1-3H3,(H,19,23). The van der Waals surface area contributed by atoms with Crippen molar-refractivity contribution in [2.45, 2.75) is 58.2 Å². The number of rotatable bonds is 10. The van der Waals surface area contributed by atoms with E-state index in [-0.39, 0.29) is 25.5 Å². The Balaban J connectivity index is 2.78. The number of ether oxygens (including phenoxy) is 5. The second kappa shape index (κ2) is 12.3. The second-order valence-electron chi connectivity index (χ2n) is 6.17. The van der Waals surface area contributed by atoms with E-state index in [0.717, 1.165) is 0 Å². The zero-order valence-electron chi connectivity index (χ0n) is 16.3. The molecule has 0 aliphatic carbocycles. The van der Waals surface area contributed by atoms with Crippen LogP contribution in [0.25, 0.3) is 0 Å². The fraction of sp³-hybridized carbons (Fsp3) is 0.765. The van der Waals surface area contributed by atoms with Crippen LogP contribution in [0, 0.1) is 0 Å². The summed E-state index contributed by atoms with van der Waals surface area (Å²) in [5.41, 5.74) is 5.36. The monoisotopic (exact) mass is 404 g/mol. The summed E-state index contributed by atoms with van der Waals surface area (Å²) in [6.07, 6.45) is -3.08. The first-order valence-electron chi connectivity index (χ1n) is 8.94. The third-order valence-electron chi connectivity index (χ3n) is 3.66. The van der Waals surface area contributed by atoms with Gasteiger partial charge in [0.25, 0.3) is 0 Å². The molecule has 11 nitrogen and oxygen atoms in total. The third-order valence-corrected chi connectivity index (χ3v) is 3.66. The van der Waals surface area contributed by atoms with E-state index in [1.807, 2.05) is 0 Å². The molecule has 1 aliphatic rings. The Bertz CT molecular complexity index is 555. The van der Waals surface area contributed by atoms with Gasteiger partial charge in [-0.15, -0.1) is 0 Å². The highest BCUT2D eigenvalue weighted by Gasteiger charge is 2.44. The third kappa shape index (κ3) is 9.11. The summed E-state index contributed by atoms with van der Waals surface area (Å²) in [6, 6.07) is 0. The maximum absolute atomic E-state index is 11.8. The molecule has 0 aromatic rings. The first kappa shape index (κ1) is 23.8. The molecule has 0 aromatic carbocycles. The number of nitrogens with two attached hydrogens (primary N) is 1. The van der Waals surface area contributed by atoms with Gasteiger partial charge in [-0.05, 0) is 13.0 Å². The van der Waals surface area contributed by atoms with E-state index in [2.05, 4.69) is 5.32 Å². The molecule has 0 saturated carbocycles. The van der Waals surface area contributed by atoms with Crippen LogP contribution in [0.5, 0.6) is 0 Å². The first-order valence-corrected chi connectivity index (χ1v) is 8.94. The van der Waals surface area contributed by atoms with Gasteiger partial charge in [0.05, 0.1) is 0 Å². The Morgan fingerprint density at radius 2 is 1.75 bits per heavy atom. The molecule has 0 aromatic heterocycles. The van der Waals surface area contributed by atoms with Crippen LogP contribution >= 0.6 is 0 Å². The minimum atomic E-state index is -0.987. The maximum atomic E-state index is 11.8. The van der Waals surface area contributed by atoms with E-state index in [9.17, 15) is 19.2 Å². The van der Waals surface area contributed by atoms with Gasteiger partial charge in [0, 0.05) is 33.7 Å². The smallest absolute Gasteiger partial charge is 0.303 e. The summed E-state index contributed by atoms with van der Waals surface area (Å²) in [6.45, 7) is 3.96. The summed E-state index contributed by atoms with van der Waals surface area (Å²) in [4.78, 5) is 45.8. The fourth-order valence-electron chi connectivity index (χ4n) is 2.55. The molecule has 4 unspecified atom stereocenters. The number of nitrogens with one attached hydrogen (secondary N) is 1. The van der Waals surface area contributed by atoms with Crippen LogP contribution < -0.4 is 11.1 Å². The van der Waals surface area contributed by atoms with Crippen molar-refractivity contribution in [3.63, 3.8) is 0 Å². The second-order valence-corrected chi connectivity index (χ2v) is 6.17. The van der Waals surface area contributed by atoms with Crippen molar-refractivity contribution in [2.24, 2.45) is 5.73 Å². The van der Waals surface area contributed by atoms with Crippen LogP contribution in [0.2, 0.25) is 0 Å². The van der Waals surface area contributed by atoms with E-state index < -0.39 is 42.5 Å². The van der Waals surface area contributed by atoms with Crippen LogP contribution in [-0.4, -0.2) is 74.7 Å². The molecule has 0 radical (unpaired) electrons. The largest absolute Gasteiger partial charge is 0.463 e. The van der Waals surface area contributed by atoms with Crippen molar-refractivity contribution < 1.29 is 42.9 Å². The van der Waals surface area contributed by atoms with Crippen LogP contribution in [0.15, 0.2) is 0 Å². The number of hydrogen-bond donors (Lipinski definition) is 2. The molecule has 160 valence electrons. The van der Waals surface area contributed by atoms with E-state index in [1.165, 1.54) is 20.8 Å². The van der Waals surface area contributed by atoms with E-state index in [0.29, 0.717) is 19.5 Å². The van der Waals surface area contributed by atoms with Crippen molar-refractivity contribution in [1.29, 1.82) is 0 Å². The molecule has 0 spiro atoms. The highest BCUT2D eigenvalue weighted by molar-refractivity contribution is 5.77. The van der Waals surface area contributed by atoms with Gasteiger partial charge in [-0.2, -0.15) is 0 Å². The van der Waals surface area contributed by atoms with E-state index in [1.54, 1.807) is 0 Å². The van der Waals surface area contributed by atoms with Gasteiger partial charge in [-0.1, -0.05) is 0 Å². The lowest BCUT2D eigenvalue weighted by Gasteiger charge is -2.39. The first-order chi connectivity index (χ1) is 13.2. The van der Waals surface area contributed by atoms with Crippen molar-refractivity contribution in [3.05, 3.63) is 0 Å². The molecule has 1 amide bonds. The van der Waals surface area contributed by atoms with Crippen molar-refractivity contribution in [3.8, 4) is 0 Å². The van der Waals surface area contributed by atoms with Gasteiger partial charge in [0.1, 0.15) is 25.4 Å². The van der Waals surface area contributed by atoms with Gasteiger partial charge < -0.3 is 34.7 Å². The summed E-state index contributed by atoms with van der Waals surface area (Å²) in [5.74, 6) is -2.12. The van der Waals surface area contributed by atoms with Gasteiger partial charge >= 0.3 is 17.9 Å². The van der Waals surface area contributed by atoms with Crippen molar-refractivity contribution in [2.75, 3.05) is 26.3 Å². The zero-order chi connectivity index (χ0) is 21.1. The average molecular weight is 404 g/mol. The number of amides is 1. The number of carbonyl (C=O) groups is 4. The predicted octanol–water partition coefficient (Wildman–Crippen LogP) is -0.990. The average Bonchev–Trinajstić information content (AvgIpc) is 2.59. The van der Waals surface area contributed by atoms with E-state index >= 15 is 0 Å². The Hall–Kier alpha value is -2.24. The molecule has 1 fully saturated rings. The molecule has 1 rings (SSSR count). The quantitative estimate of drug-likeness (QED) is 0.264. The molecule has 1 saturated heterocycles. The van der Waals surface area contributed by atoms with Gasteiger partial charge in [0.2, 0.25) is 5.91 Å². The lowest BCUT2D eigenvalue weighted by molar-refractivity contribution is -0.264. The highest BCUT2D eigenvalue weighted by atomic mass is 16.7. The SMILES string of the molecule is CC(=O)OCC1OC(OCC(=O)NCCCN)CC(OC(C)=O)C1OC(C)=O. The molecule has 0 bridgehead atoms. The highest BCUT2D eigenvalue weighted by Crippen LogP contribution is 2.27. The van der Waals surface area contributed by atoms with Crippen LogP contribution in [0.4, 0.5) is 0 Å². The minimum absolute atomic E-state index is 0.0319. The Morgan fingerprint density at radius 3 is 2.32 bits per heavy atom. The molecule has 11 heteroatoms. The van der Waals surface area contributed by atoms with Crippen molar-refractivity contribution >= 4 is 23.8 Å². The Morgan fingerprint density at radius 1 is 1.07 bits per heavy atom. The van der Waals surface area contributed by atoms with E-state index in [4.69, 9.17) is 29.4 Å². The summed E-state index contributed by atoms with van der Waals surface area (Å²) < 4.78 is 26.5. The van der Waals surface area contributed by atoms with Crippen LogP contribution in [-0.2, 0) is 42.9 Å². The van der Waals surface area contributed by atoms with Gasteiger partial charge in [-0.3, -0.25) is 19.2 Å². The lowest BCUT2D eigenvalue weighted by Crippen LogP contribution is -2.54. The van der Waals surface area contributed by atoms with Crippen LogP contribution in [0.3, 0.4) is 0 Å². The minimum Gasteiger partial charge on any atom is -0.463 e. The number of esters is 3. The molecule has 1 aliphatic heterocycles. The molecular formula is C17H28N2O9. The number of carbonyl (C=O) groups excluding carboxylic acids is 4. The van der Waals surface area contributed by atoms with Gasteiger partial charge in [-0.25, -0.2) is 0 Å². The number of hydrogen-bond acceptors (Lipinski definition) is 10. The summed E-state index contributed by atoms with van der Waals surface area (Å²) in [7, 11) is 0.